The number of benzene rings is 1. The van der Waals surface area contributed by atoms with E-state index in [0.29, 0.717) is 12.6 Å². The first-order valence-electron chi connectivity index (χ1n) is 10.7. The minimum atomic E-state index is 0. The fourth-order valence-corrected chi connectivity index (χ4v) is 3.78. The average Bonchev–Trinajstić information content (AvgIpc) is 3.53. The van der Waals surface area contributed by atoms with Gasteiger partial charge < -0.3 is 20.4 Å². The Labute approximate surface area is 192 Å². The van der Waals surface area contributed by atoms with Crippen LogP contribution in [0, 0.1) is 0 Å². The highest BCUT2D eigenvalue weighted by atomic mass is 127. The van der Waals surface area contributed by atoms with Crippen molar-refractivity contribution in [3.05, 3.63) is 35.4 Å². The highest BCUT2D eigenvalue weighted by Crippen LogP contribution is 2.29. The molecule has 0 unspecified atom stereocenters. The monoisotopic (exact) mass is 513 g/mol. The smallest absolute Gasteiger partial charge is 0.253 e. The number of nitrogens with one attached hydrogen (secondary N) is 2. The molecule has 162 valence electrons. The van der Waals surface area contributed by atoms with E-state index in [1.165, 1.54) is 38.8 Å². The van der Waals surface area contributed by atoms with Crippen LogP contribution in [0.3, 0.4) is 0 Å². The van der Waals surface area contributed by atoms with Gasteiger partial charge >= 0.3 is 0 Å². The SMILES string of the molecule is CCNC(=NCCc1cccc(C(=O)N(C)C)c1)NC1CCN(C2CC2)CC1.I. The number of hydrogen-bond acceptors (Lipinski definition) is 3. The molecule has 1 aromatic carbocycles. The van der Waals surface area contributed by atoms with Crippen molar-refractivity contribution in [3.63, 3.8) is 0 Å². The van der Waals surface area contributed by atoms with Gasteiger partial charge in [-0.1, -0.05) is 12.1 Å². The van der Waals surface area contributed by atoms with Gasteiger partial charge in [-0.05, 0) is 56.7 Å². The number of guanidine groups is 1. The lowest BCUT2D eigenvalue weighted by atomic mass is 10.1. The van der Waals surface area contributed by atoms with Gasteiger partial charge in [0.1, 0.15) is 0 Å². The average molecular weight is 513 g/mol. The van der Waals surface area contributed by atoms with E-state index in [4.69, 9.17) is 4.99 Å². The van der Waals surface area contributed by atoms with Gasteiger partial charge in [-0.15, -0.1) is 24.0 Å². The molecule has 29 heavy (non-hydrogen) atoms. The first kappa shape index (κ1) is 23.9. The molecule has 1 heterocycles. The number of rotatable bonds is 7. The number of carbonyl (C=O) groups excluding carboxylic acids is 1. The lowest BCUT2D eigenvalue weighted by Crippen LogP contribution is -2.49. The summed E-state index contributed by atoms with van der Waals surface area (Å²) in [4.78, 5) is 21.1. The molecule has 1 saturated heterocycles. The summed E-state index contributed by atoms with van der Waals surface area (Å²) in [5.41, 5.74) is 1.88. The summed E-state index contributed by atoms with van der Waals surface area (Å²) in [6.07, 6.45) is 5.99. The molecule has 0 atom stereocenters. The molecular weight excluding hydrogens is 477 g/mol. The molecule has 0 radical (unpaired) electrons. The third-order valence-corrected chi connectivity index (χ3v) is 5.53. The van der Waals surface area contributed by atoms with Gasteiger partial charge in [0.2, 0.25) is 0 Å². The number of nitrogens with zero attached hydrogens (tertiary/aromatic N) is 3. The Hall–Kier alpha value is -1.35. The first-order valence-corrected chi connectivity index (χ1v) is 10.7. The Morgan fingerprint density at radius 1 is 1.21 bits per heavy atom. The number of halogens is 1. The van der Waals surface area contributed by atoms with Crippen LogP contribution in [0.25, 0.3) is 0 Å². The molecule has 2 aliphatic rings. The zero-order valence-electron chi connectivity index (χ0n) is 18.0. The van der Waals surface area contributed by atoms with Crippen LogP contribution in [-0.4, -0.2) is 74.0 Å². The molecule has 2 N–H and O–H groups in total. The van der Waals surface area contributed by atoms with Crippen molar-refractivity contribution in [2.24, 2.45) is 4.99 Å². The molecule has 0 spiro atoms. The van der Waals surface area contributed by atoms with E-state index >= 15 is 0 Å². The zero-order chi connectivity index (χ0) is 19.9. The van der Waals surface area contributed by atoms with E-state index in [1.54, 1.807) is 19.0 Å². The van der Waals surface area contributed by atoms with Crippen molar-refractivity contribution in [3.8, 4) is 0 Å². The van der Waals surface area contributed by atoms with E-state index < -0.39 is 0 Å². The van der Waals surface area contributed by atoms with Crippen molar-refractivity contribution < 1.29 is 4.79 Å². The quantitative estimate of drug-likeness (QED) is 0.335. The Morgan fingerprint density at radius 2 is 1.93 bits per heavy atom. The molecule has 0 bridgehead atoms. The molecule has 2 fully saturated rings. The molecule has 1 aliphatic heterocycles. The second-order valence-electron chi connectivity index (χ2n) is 8.10. The van der Waals surface area contributed by atoms with Gasteiger partial charge in [-0.25, -0.2) is 0 Å². The van der Waals surface area contributed by atoms with Crippen LogP contribution in [0.15, 0.2) is 29.3 Å². The molecule has 3 rings (SSSR count). The lowest BCUT2D eigenvalue weighted by molar-refractivity contribution is 0.0827. The topological polar surface area (TPSA) is 60.0 Å². The Morgan fingerprint density at radius 3 is 2.55 bits per heavy atom. The van der Waals surface area contributed by atoms with Gasteiger partial charge in [-0.3, -0.25) is 9.79 Å². The van der Waals surface area contributed by atoms with E-state index in [9.17, 15) is 4.79 Å². The van der Waals surface area contributed by atoms with E-state index in [2.05, 4.69) is 28.5 Å². The van der Waals surface area contributed by atoms with Gasteiger partial charge in [0.05, 0.1) is 0 Å². The third-order valence-electron chi connectivity index (χ3n) is 5.53. The highest BCUT2D eigenvalue weighted by molar-refractivity contribution is 14.0. The Kier molecular flexibility index (Phi) is 9.68. The Balaban J connectivity index is 0.00000300. The molecule has 0 aromatic heterocycles. The molecule has 1 amide bonds. The minimum absolute atomic E-state index is 0. The maximum absolute atomic E-state index is 12.1. The van der Waals surface area contributed by atoms with Crippen LogP contribution < -0.4 is 10.6 Å². The summed E-state index contributed by atoms with van der Waals surface area (Å²) in [7, 11) is 3.56. The number of aliphatic imine (C=N–C) groups is 1. The Bertz CT molecular complexity index is 682. The summed E-state index contributed by atoms with van der Waals surface area (Å²) >= 11 is 0. The second-order valence-corrected chi connectivity index (χ2v) is 8.10. The molecule has 1 aromatic rings. The van der Waals surface area contributed by atoms with Crippen LogP contribution in [0.4, 0.5) is 0 Å². The number of amides is 1. The fraction of sp³-hybridized carbons (Fsp3) is 0.636. The molecule has 1 aliphatic carbocycles. The fourth-order valence-electron chi connectivity index (χ4n) is 3.78. The summed E-state index contributed by atoms with van der Waals surface area (Å²) in [5, 5.41) is 6.99. The number of hydrogen-bond donors (Lipinski definition) is 2. The van der Waals surface area contributed by atoms with Crippen LogP contribution in [0.5, 0.6) is 0 Å². The van der Waals surface area contributed by atoms with E-state index in [-0.39, 0.29) is 29.9 Å². The molecule has 7 heteroatoms. The van der Waals surface area contributed by atoms with Crippen LogP contribution in [0.1, 0.15) is 48.5 Å². The molecule has 6 nitrogen and oxygen atoms in total. The van der Waals surface area contributed by atoms with E-state index in [0.717, 1.165) is 36.1 Å². The van der Waals surface area contributed by atoms with Crippen molar-refractivity contribution >= 4 is 35.8 Å². The maximum Gasteiger partial charge on any atom is 0.253 e. The second kappa shape index (κ2) is 11.7. The lowest BCUT2D eigenvalue weighted by Gasteiger charge is -2.33. The molecule has 1 saturated carbocycles. The highest BCUT2D eigenvalue weighted by Gasteiger charge is 2.31. The first-order chi connectivity index (χ1) is 13.6. The standard InChI is InChI=1S/C22H35N5O.HI/c1-4-23-22(25-19-11-14-27(15-12-19)20-8-9-20)24-13-10-17-6-5-7-18(16-17)21(28)26(2)3;/h5-7,16,19-20H,4,8-15H2,1-3H3,(H2,23,24,25);1H. The summed E-state index contributed by atoms with van der Waals surface area (Å²) in [6.45, 7) is 6.07. The van der Waals surface area contributed by atoms with Gasteiger partial charge in [0.25, 0.3) is 5.91 Å². The maximum atomic E-state index is 12.1. The van der Waals surface area contributed by atoms with Crippen LogP contribution >= 0.6 is 24.0 Å². The van der Waals surface area contributed by atoms with Crippen LogP contribution in [-0.2, 0) is 6.42 Å². The zero-order valence-corrected chi connectivity index (χ0v) is 20.3. The van der Waals surface area contributed by atoms with Crippen molar-refractivity contribution in [1.29, 1.82) is 0 Å². The molecular formula is C22H36IN5O. The summed E-state index contributed by atoms with van der Waals surface area (Å²) < 4.78 is 0. The van der Waals surface area contributed by atoms with Crippen molar-refractivity contribution in [2.45, 2.75) is 51.1 Å². The number of piperidine rings is 1. The summed E-state index contributed by atoms with van der Waals surface area (Å²) in [5.74, 6) is 0.950. The minimum Gasteiger partial charge on any atom is -0.357 e. The summed E-state index contributed by atoms with van der Waals surface area (Å²) in [6, 6.07) is 9.25. The predicted octanol–water partition coefficient (Wildman–Crippen LogP) is 2.73. The normalized spacial score (nSPS) is 18.1. The van der Waals surface area contributed by atoms with E-state index in [1.807, 2.05) is 18.2 Å². The van der Waals surface area contributed by atoms with Crippen LogP contribution in [0.2, 0.25) is 0 Å². The number of likely N-dealkylation sites (tertiary alicyclic amines) is 1. The number of carbonyl (C=O) groups is 1. The third kappa shape index (κ3) is 7.44. The van der Waals surface area contributed by atoms with Gasteiger partial charge in [-0.2, -0.15) is 0 Å². The predicted molar refractivity (Wildman–Crippen MR) is 130 cm³/mol. The van der Waals surface area contributed by atoms with Crippen molar-refractivity contribution in [2.75, 3.05) is 40.3 Å². The van der Waals surface area contributed by atoms with Crippen molar-refractivity contribution in [1.82, 2.24) is 20.4 Å². The van der Waals surface area contributed by atoms with Gasteiger partial charge in [0, 0.05) is 57.9 Å². The largest absolute Gasteiger partial charge is 0.357 e. The van der Waals surface area contributed by atoms with Gasteiger partial charge in [0.15, 0.2) is 5.96 Å².